The monoisotopic (exact) mass is 326 g/mol. The van der Waals surface area contributed by atoms with Gasteiger partial charge in [-0.3, -0.25) is 4.79 Å². The minimum atomic E-state index is -0.586. The van der Waals surface area contributed by atoms with Crippen LogP contribution in [0.4, 0.5) is 0 Å². The number of halogens is 2. The minimum absolute atomic E-state index is 0.0340. The van der Waals surface area contributed by atoms with Crippen molar-refractivity contribution >= 4 is 45.1 Å². The number of phenolic OH excluding ortho intramolecular Hbond substituents is 3. The fraction of sp³-hybridized carbons (Fsp3) is 0.0714. The lowest BCUT2D eigenvalue weighted by molar-refractivity contribution is 0.447. The summed E-state index contributed by atoms with van der Waals surface area (Å²) >= 11 is 11.9. The third-order valence-electron chi connectivity index (χ3n) is 3.26. The lowest BCUT2D eigenvalue weighted by atomic mass is 10.1. The number of benzene rings is 2. The molecule has 0 bridgehead atoms. The summed E-state index contributed by atoms with van der Waals surface area (Å²) < 4.78 is 5.52. The average Bonchev–Trinajstić information content (AvgIpc) is 2.43. The summed E-state index contributed by atoms with van der Waals surface area (Å²) in [5.74, 6) is -1.10. The van der Waals surface area contributed by atoms with E-state index in [1.54, 1.807) is 6.92 Å². The van der Waals surface area contributed by atoms with E-state index in [1.165, 1.54) is 0 Å². The Kier molecular flexibility index (Phi) is 2.93. The van der Waals surface area contributed by atoms with Gasteiger partial charge in [-0.15, -0.1) is 0 Å². The molecule has 3 rings (SSSR count). The second-order valence-electron chi connectivity index (χ2n) is 4.58. The van der Waals surface area contributed by atoms with Crippen molar-refractivity contribution in [2.45, 2.75) is 6.92 Å². The van der Waals surface area contributed by atoms with Crippen molar-refractivity contribution in [1.82, 2.24) is 0 Å². The average molecular weight is 327 g/mol. The van der Waals surface area contributed by atoms with Crippen LogP contribution in [0.2, 0.25) is 10.0 Å². The van der Waals surface area contributed by atoms with Gasteiger partial charge in [-0.25, -0.2) is 0 Å². The van der Waals surface area contributed by atoms with Crippen LogP contribution in [0, 0.1) is 6.92 Å². The van der Waals surface area contributed by atoms with Crippen LogP contribution in [0.1, 0.15) is 5.56 Å². The van der Waals surface area contributed by atoms with E-state index in [9.17, 15) is 20.1 Å². The first-order valence-electron chi connectivity index (χ1n) is 5.82. The van der Waals surface area contributed by atoms with Crippen LogP contribution in [-0.4, -0.2) is 15.3 Å². The maximum absolute atomic E-state index is 12.5. The van der Waals surface area contributed by atoms with E-state index in [2.05, 4.69) is 0 Å². The highest BCUT2D eigenvalue weighted by molar-refractivity contribution is 6.41. The minimum Gasteiger partial charge on any atom is -0.508 e. The molecule has 0 atom stereocenters. The summed E-state index contributed by atoms with van der Waals surface area (Å²) in [6.45, 7) is 1.55. The number of aromatic hydroxyl groups is 3. The number of phenols is 3. The van der Waals surface area contributed by atoms with Gasteiger partial charge in [0.05, 0.1) is 20.8 Å². The van der Waals surface area contributed by atoms with Crippen LogP contribution in [0.15, 0.2) is 21.3 Å². The zero-order chi connectivity index (χ0) is 15.5. The molecule has 0 radical (unpaired) electrons. The van der Waals surface area contributed by atoms with Crippen LogP contribution in [0.3, 0.4) is 0 Å². The highest BCUT2D eigenvalue weighted by Crippen LogP contribution is 2.42. The third kappa shape index (κ3) is 1.81. The SMILES string of the molecule is Cc1c(Cl)c(O)c(Cl)c2c(=O)c3cc(O)cc(O)c3oc12. The first-order valence-corrected chi connectivity index (χ1v) is 6.57. The van der Waals surface area contributed by atoms with Crippen LogP contribution < -0.4 is 5.43 Å². The van der Waals surface area contributed by atoms with Gasteiger partial charge in [0, 0.05) is 11.6 Å². The van der Waals surface area contributed by atoms with Crippen LogP contribution in [-0.2, 0) is 0 Å². The number of hydrogen-bond acceptors (Lipinski definition) is 5. The van der Waals surface area contributed by atoms with Gasteiger partial charge in [-0.1, -0.05) is 23.2 Å². The number of rotatable bonds is 0. The van der Waals surface area contributed by atoms with Crippen molar-refractivity contribution in [2.24, 2.45) is 0 Å². The highest BCUT2D eigenvalue weighted by atomic mass is 35.5. The van der Waals surface area contributed by atoms with Crippen molar-refractivity contribution in [3.05, 3.63) is 38.0 Å². The molecule has 0 spiro atoms. The molecule has 0 saturated carbocycles. The number of aryl methyl sites for hydroxylation is 1. The molecule has 0 aliphatic heterocycles. The molecule has 3 N–H and O–H groups in total. The van der Waals surface area contributed by atoms with Crippen molar-refractivity contribution in [3.63, 3.8) is 0 Å². The van der Waals surface area contributed by atoms with Gasteiger partial charge < -0.3 is 19.7 Å². The van der Waals surface area contributed by atoms with Crippen molar-refractivity contribution in [2.75, 3.05) is 0 Å². The van der Waals surface area contributed by atoms with Crippen LogP contribution in [0.25, 0.3) is 21.9 Å². The first-order chi connectivity index (χ1) is 9.82. The Morgan fingerprint density at radius 2 is 1.71 bits per heavy atom. The molecule has 1 aromatic heterocycles. The number of fused-ring (bicyclic) bond motifs is 2. The van der Waals surface area contributed by atoms with Crippen molar-refractivity contribution in [3.8, 4) is 17.2 Å². The van der Waals surface area contributed by atoms with Crippen molar-refractivity contribution < 1.29 is 19.7 Å². The fourth-order valence-corrected chi connectivity index (χ4v) is 2.72. The lowest BCUT2D eigenvalue weighted by Crippen LogP contribution is -2.04. The van der Waals surface area contributed by atoms with Gasteiger partial charge in [0.25, 0.3) is 0 Å². The van der Waals surface area contributed by atoms with Gasteiger partial charge in [0.1, 0.15) is 11.3 Å². The Labute approximate surface area is 127 Å². The maximum atomic E-state index is 12.5. The molecule has 7 heteroatoms. The Hall–Kier alpha value is -2.11. The van der Waals surface area contributed by atoms with E-state index in [0.29, 0.717) is 5.56 Å². The summed E-state index contributed by atoms with van der Waals surface area (Å²) in [4.78, 5) is 12.5. The second-order valence-corrected chi connectivity index (χ2v) is 5.33. The van der Waals surface area contributed by atoms with E-state index in [0.717, 1.165) is 12.1 Å². The maximum Gasteiger partial charge on any atom is 0.202 e. The van der Waals surface area contributed by atoms with E-state index < -0.39 is 11.2 Å². The van der Waals surface area contributed by atoms with E-state index in [1.807, 2.05) is 0 Å². The molecule has 0 unspecified atom stereocenters. The van der Waals surface area contributed by atoms with Gasteiger partial charge in [0.15, 0.2) is 17.1 Å². The Balaban J connectivity index is 2.71. The molecule has 1 heterocycles. The van der Waals surface area contributed by atoms with Gasteiger partial charge in [0.2, 0.25) is 5.43 Å². The zero-order valence-electron chi connectivity index (χ0n) is 10.6. The molecular formula is C14H8Cl2O5. The normalized spacial score (nSPS) is 11.4. The summed E-state index contributed by atoms with van der Waals surface area (Å²) in [7, 11) is 0. The Morgan fingerprint density at radius 3 is 2.38 bits per heavy atom. The Morgan fingerprint density at radius 1 is 1.05 bits per heavy atom. The standard InChI is InChI=1S/C14H8Cl2O5/c1-4-9(15)12(20)10(16)8-11(19)6-2-5(17)3-7(18)14(6)21-13(4)8/h2-3,17-18,20H,1H3. The van der Waals surface area contributed by atoms with Gasteiger partial charge >= 0.3 is 0 Å². The van der Waals surface area contributed by atoms with Gasteiger partial charge in [-0.05, 0) is 13.0 Å². The molecular weight excluding hydrogens is 319 g/mol. The summed E-state index contributed by atoms with van der Waals surface area (Å²) in [6, 6.07) is 2.20. The molecule has 2 aromatic carbocycles. The highest BCUT2D eigenvalue weighted by Gasteiger charge is 2.21. The fourth-order valence-electron chi connectivity index (χ4n) is 2.22. The molecule has 0 saturated heterocycles. The third-order valence-corrected chi connectivity index (χ3v) is 4.09. The molecule has 5 nitrogen and oxygen atoms in total. The predicted octanol–water partition coefficient (Wildman–Crippen LogP) is 3.68. The smallest absolute Gasteiger partial charge is 0.202 e. The second kappa shape index (κ2) is 4.44. The quantitative estimate of drug-likeness (QED) is 0.548. The molecule has 21 heavy (non-hydrogen) atoms. The molecule has 0 amide bonds. The largest absolute Gasteiger partial charge is 0.508 e. The van der Waals surface area contributed by atoms with E-state index >= 15 is 0 Å². The lowest BCUT2D eigenvalue weighted by Gasteiger charge is -2.10. The first kappa shape index (κ1) is 13.9. The zero-order valence-corrected chi connectivity index (χ0v) is 12.1. The number of hydrogen-bond donors (Lipinski definition) is 3. The van der Waals surface area contributed by atoms with E-state index in [4.69, 9.17) is 27.6 Å². The topological polar surface area (TPSA) is 90.9 Å². The molecule has 0 fully saturated rings. The molecule has 0 aliphatic carbocycles. The van der Waals surface area contributed by atoms with Crippen molar-refractivity contribution in [1.29, 1.82) is 0 Å². The Bertz CT molecular complexity index is 975. The summed E-state index contributed by atoms with van der Waals surface area (Å²) in [5, 5.41) is 28.8. The van der Waals surface area contributed by atoms with Crippen LogP contribution >= 0.6 is 23.2 Å². The molecule has 108 valence electrons. The molecule has 0 aliphatic rings. The van der Waals surface area contributed by atoms with Crippen LogP contribution in [0.5, 0.6) is 17.2 Å². The summed E-state index contributed by atoms with van der Waals surface area (Å²) in [6.07, 6.45) is 0. The van der Waals surface area contributed by atoms with Gasteiger partial charge in [-0.2, -0.15) is 0 Å². The summed E-state index contributed by atoms with van der Waals surface area (Å²) in [5.41, 5.74) is -0.287. The predicted molar refractivity (Wildman–Crippen MR) is 79.7 cm³/mol. The van der Waals surface area contributed by atoms with E-state index in [-0.39, 0.29) is 43.5 Å². The molecule has 3 aromatic rings.